The molecule has 2 aliphatic carbocycles. The van der Waals surface area contributed by atoms with Gasteiger partial charge in [-0.3, -0.25) is 9.59 Å². The number of benzene rings is 1. The van der Waals surface area contributed by atoms with E-state index in [1.54, 1.807) is 0 Å². The second-order valence-corrected chi connectivity index (χ2v) is 11.7. The molecule has 1 aromatic carbocycles. The van der Waals surface area contributed by atoms with E-state index in [0.29, 0.717) is 6.29 Å². The Morgan fingerprint density at radius 1 is 1.18 bits per heavy atom. The van der Waals surface area contributed by atoms with E-state index in [9.17, 15) is 30.0 Å². The van der Waals surface area contributed by atoms with Crippen LogP contribution in [0.4, 0.5) is 0 Å². The van der Waals surface area contributed by atoms with Gasteiger partial charge in [0, 0.05) is 12.0 Å². The van der Waals surface area contributed by atoms with E-state index in [1.807, 2.05) is 27.7 Å². The lowest BCUT2D eigenvalue weighted by atomic mass is 9.50. The smallest absolute Gasteiger partial charge is 0.170 e. The molecule has 188 valence electrons. The average Bonchev–Trinajstić information content (AvgIpc) is 2.71. The van der Waals surface area contributed by atoms with Gasteiger partial charge in [-0.05, 0) is 81.5 Å². The lowest BCUT2D eigenvalue weighted by Crippen LogP contribution is -2.48. The van der Waals surface area contributed by atoms with E-state index >= 15 is 0 Å². The fraction of sp³-hybridized carbons (Fsp3) is 0.643. The van der Waals surface area contributed by atoms with Crippen molar-refractivity contribution in [2.24, 2.45) is 29.1 Å². The van der Waals surface area contributed by atoms with Crippen molar-refractivity contribution in [2.45, 2.75) is 85.2 Å². The lowest BCUT2D eigenvalue weighted by molar-refractivity contribution is -0.0590. The first kappa shape index (κ1) is 26.3. The highest BCUT2D eigenvalue weighted by Crippen LogP contribution is 2.59. The molecular weight excluding hydrogens is 432 g/mol. The number of phenols is 3. The molecule has 0 radical (unpaired) electrons. The van der Waals surface area contributed by atoms with Crippen molar-refractivity contribution in [1.82, 2.24) is 0 Å². The minimum atomic E-state index is -0.771. The summed E-state index contributed by atoms with van der Waals surface area (Å²) in [6.07, 6.45) is 4.91. The standard InChI is InChI=1S/C28H40O6/c1-15(2)11-22(30)23-25(32)19(24(31)20(14-29)26(23)33)12-18-8-7-16(3)21-13-17(27(4,5)34)9-10-28(18,21)6/h14-15,17-18,21,31-34H,3,7-13H2,1-2,4-6H3/t17-,18+,21+,28+/m1/s1. The zero-order chi connectivity index (χ0) is 25.6. The molecule has 0 unspecified atom stereocenters. The molecule has 6 heteroatoms. The fourth-order valence-electron chi connectivity index (χ4n) is 6.37. The van der Waals surface area contributed by atoms with Crippen LogP contribution in [0.3, 0.4) is 0 Å². The average molecular weight is 473 g/mol. The van der Waals surface area contributed by atoms with Gasteiger partial charge in [-0.1, -0.05) is 32.9 Å². The molecule has 2 saturated carbocycles. The molecule has 1 aromatic rings. The molecule has 6 nitrogen and oxygen atoms in total. The Morgan fingerprint density at radius 2 is 1.82 bits per heavy atom. The highest BCUT2D eigenvalue weighted by molar-refractivity contribution is 6.05. The predicted molar refractivity (Wildman–Crippen MR) is 131 cm³/mol. The van der Waals surface area contributed by atoms with Crippen molar-refractivity contribution >= 4 is 12.1 Å². The quantitative estimate of drug-likeness (QED) is 0.235. The number of aliphatic hydroxyl groups is 1. The van der Waals surface area contributed by atoms with Crippen LogP contribution in [-0.4, -0.2) is 38.1 Å². The molecule has 0 bridgehead atoms. The van der Waals surface area contributed by atoms with Crippen molar-refractivity contribution in [3.8, 4) is 17.2 Å². The fourth-order valence-corrected chi connectivity index (χ4v) is 6.37. The normalized spacial score (nSPS) is 27.5. The maximum atomic E-state index is 12.8. The van der Waals surface area contributed by atoms with Gasteiger partial charge < -0.3 is 20.4 Å². The van der Waals surface area contributed by atoms with E-state index in [0.717, 1.165) is 32.1 Å². The topological polar surface area (TPSA) is 115 Å². The van der Waals surface area contributed by atoms with Crippen LogP contribution in [0.1, 0.15) is 99.4 Å². The highest BCUT2D eigenvalue weighted by Gasteiger charge is 2.50. The van der Waals surface area contributed by atoms with Crippen LogP contribution in [-0.2, 0) is 6.42 Å². The number of allylic oxidation sites excluding steroid dienone is 1. The van der Waals surface area contributed by atoms with Gasteiger partial charge in [0.25, 0.3) is 0 Å². The molecule has 4 atom stereocenters. The number of carbonyl (C=O) groups excluding carboxylic acids is 2. The number of phenolic OH excluding ortho intramolecular Hbond substituents is 3. The summed E-state index contributed by atoms with van der Waals surface area (Å²) in [5.41, 5.74) is -0.240. The van der Waals surface area contributed by atoms with E-state index in [1.165, 1.54) is 5.57 Å². The number of ketones is 1. The Morgan fingerprint density at radius 3 is 2.38 bits per heavy atom. The van der Waals surface area contributed by atoms with Crippen LogP contribution in [0.25, 0.3) is 0 Å². The third-order valence-electron chi connectivity index (χ3n) is 8.58. The third kappa shape index (κ3) is 4.61. The lowest BCUT2D eigenvalue weighted by Gasteiger charge is -2.55. The van der Waals surface area contributed by atoms with Crippen molar-refractivity contribution in [1.29, 1.82) is 0 Å². The Labute approximate surface area is 202 Å². The number of rotatable bonds is 7. The molecule has 0 spiro atoms. The zero-order valence-electron chi connectivity index (χ0n) is 21.1. The molecule has 3 rings (SSSR count). The van der Waals surface area contributed by atoms with Gasteiger partial charge in [0.15, 0.2) is 12.1 Å². The zero-order valence-corrected chi connectivity index (χ0v) is 21.1. The summed E-state index contributed by atoms with van der Waals surface area (Å²) in [4.78, 5) is 24.5. The van der Waals surface area contributed by atoms with Crippen LogP contribution in [0, 0.1) is 29.1 Å². The summed E-state index contributed by atoms with van der Waals surface area (Å²) in [5.74, 6) is -1.57. The van der Waals surface area contributed by atoms with E-state index in [-0.39, 0.29) is 58.6 Å². The van der Waals surface area contributed by atoms with Crippen LogP contribution < -0.4 is 0 Å². The number of carbonyl (C=O) groups is 2. The van der Waals surface area contributed by atoms with Gasteiger partial charge in [-0.2, -0.15) is 0 Å². The second kappa shape index (κ2) is 9.37. The molecular formula is C28H40O6. The largest absolute Gasteiger partial charge is 0.507 e. The summed E-state index contributed by atoms with van der Waals surface area (Å²) < 4.78 is 0. The van der Waals surface area contributed by atoms with E-state index < -0.39 is 28.6 Å². The Hall–Kier alpha value is -2.34. The van der Waals surface area contributed by atoms with Crippen molar-refractivity contribution in [3.63, 3.8) is 0 Å². The molecule has 2 aliphatic rings. The maximum absolute atomic E-state index is 12.8. The first-order chi connectivity index (χ1) is 15.7. The van der Waals surface area contributed by atoms with Gasteiger partial charge in [-0.15, -0.1) is 0 Å². The van der Waals surface area contributed by atoms with Gasteiger partial charge in [0.1, 0.15) is 22.8 Å². The maximum Gasteiger partial charge on any atom is 0.170 e. The molecule has 2 fully saturated rings. The van der Waals surface area contributed by atoms with E-state index in [4.69, 9.17) is 0 Å². The number of aromatic hydroxyl groups is 3. The van der Waals surface area contributed by atoms with Gasteiger partial charge >= 0.3 is 0 Å². The van der Waals surface area contributed by atoms with Crippen LogP contribution >= 0.6 is 0 Å². The molecule has 0 aromatic heterocycles. The molecule has 0 aliphatic heterocycles. The summed E-state index contributed by atoms with van der Waals surface area (Å²) in [7, 11) is 0. The summed E-state index contributed by atoms with van der Waals surface area (Å²) in [5, 5.41) is 43.1. The summed E-state index contributed by atoms with van der Waals surface area (Å²) >= 11 is 0. The Balaban J connectivity index is 2.02. The summed E-state index contributed by atoms with van der Waals surface area (Å²) in [6.45, 7) is 14.0. The molecule has 0 saturated heterocycles. The summed E-state index contributed by atoms with van der Waals surface area (Å²) in [6, 6.07) is 0. The number of aldehydes is 1. The van der Waals surface area contributed by atoms with Gasteiger partial charge in [-0.25, -0.2) is 0 Å². The number of hydrogen-bond donors (Lipinski definition) is 4. The Kier molecular flexibility index (Phi) is 7.24. The molecule has 34 heavy (non-hydrogen) atoms. The number of Topliss-reactive ketones (excluding diaryl/α,β-unsaturated/α-hetero) is 1. The SMILES string of the molecule is C=C1CC[C@@H](Cc2c(O)c(C=O)c(O)c(C(=O)CC(C)C)c2O)[C@]2(C)CC[C@@H](C(C)(C)O)C[C@@H]12. The van der Waals surface area contributed by atoms with Gasteiger partial charge in [0.2, 0.25) is 0 Å². The Bertz CT molecular complexity index is 986. The molecule has 0 amide bonds. The number of hydrogen-bond acceptors (Lipinski definition) is 6. The minimum Gasteiger partial charge on any atom is -0.507 e. The third-order valence-corrected chi connectivity index (χ3v) is 8.58. The molecule has 0 heterocycles. The molecule has 4 N–H and O–H groups in total. The van der Waals surface area contributed by atoms with Crippen molar-refractivity contribution in [2.75, 3.05) is 0 Å². The van der Waals surface area contributed by atoms with Crippen molar-refractivity contribution < 1.29 is 30.0 Å². The predicted octanol–water partition coefficient (Wildman–Crippen LogP) is 5.55. The van der Waals surface area contributed by atoms with Crippen molar-refractivity contribution in [3.05, 3.63) is 28.8 Å². The second-order valence-electron chi connectivity index (χ2n) is 11.7. The van der Waals surface area contributed by atoms with Crippen LogP contribution in [0.2, 0.25) is 0 Å². The first-order valence-electron chi connectivity index (χ1n) is 12.4. The van der Waals surface area contributed by atoms with Crippen LogP contribution in [0.5, 0.6) is 17.2 Å². The first-order valence-corrected chi connectivity index (χ1v) is 12.4. The van der Waals surface area contributed by atoms with E-state index in [2.05, 4.69) is 13.5 Å². The van der Waals surface area contributed by atoms with Gasteiger partial charge in [0.05, 0.1) is 11.2 Å². The van der Waals surface area contributed by atoms with Crippen LogP contribution in [0.15, 0.2) is 12.2 Å². The minimum absolute atomic E-state index is 0.00165. The monoisotopic (exact) mass is 472 g/mol. The number of fused-ring (bicyclic) bond motifs is 1. The highest BCUT2D eigenvalue weighted by atomic mass is 16.3.